The quantitative estimate of drug-likeness (QED) is 0.811. The predicted octanol–water partition coefficient (Wildman–Crippen LogP) is 2.25. The lowest BCUT2D eigenvalue weighted by Crippen LogP contribution is -2.39. The van der Waals surface area contributed by atoms with E-state index in [2.05, 4.69) is 5.32 Å². The fourth-order valence-electron chi connectivity index (χ4n) is 1.82. The standard InChI is InChI=1S/C16H25FN2O2/c1-10(2)12(4)19-15(20)9-21-16-13(8-11(3)18)6-5-7-14(16)17/h5-7,10-12H,8-9,18H2,1-4H3,(H,19,20). The summed E-state index contributed by atoms with van der Waals surface area (Å²) in [7, 11) is 0. The largest absolute Gasteiger partial charge is 0.480 e. The van der Waals surface area contributed by atoms with E-state index in [4.69, 9.17) is 10.5 Å². The number of ether oxygens (including phenoxy) is 1. The molecule has 118 valence electrons. The predicted molar refractivity (Wildman–Crippen MR) is 81.7 cm³/mol. The Morgan fingerprint density at radius 1 is 1.33 bits per heavy atom. The van der Waals surface area contributed by atoms with Crippen LogP contribution >= 0.6 is 0 Å². The molecule has 4 nitrogen and oxygen atoms in total. The Balaban J connectivity index is 2.68. The van der Waals surface area contributed by atoms with Gasteiger partial charge in [-0.25, -0.2) is 4.39 Å². The number of amides is 1. The monoisotopic (exact) mass is 296 g/mol. The summed E-state index contributed by atoms with van der Waals surface area (Å²) < 4.78 is 19.2. The molecule has 0 saturated carbocycles. The van der Waals surface area contributed by atoms with E-state index in [0.29, 0.717) is 17.9 Å². The van der Waals surface area contributed by atoms with E-state index in [9.17, 15) is 9.18 Å². The number of carbonyl (C=O) groups is 1. The molecule has 3 N–H and O–H groups in total. The Kier molecular flexibility index (Phi) is 6.62. The normalized spacial score (nSPS) is 13.9. The summed E-state index contributed by atoms with van der Waals surface area (Å²) in [4.78, 5) is 11.8. The van der Waals surface area contributed by atoms with Crippen molar-refractivity contribution in [3.8, 4) is 5.75 Å². The van der Waals surface area contributed by atoms with E-state index in [0.717, 1.165) is 0 Å². The molecular formula is C16H25FN2O2. The third-order valence-electron chi connectivity index (χ3n) is 3.33. The van der Waals surface area contributed by atoms with Gasteiger partial charge >= 0.3 is 0 Å². The van der Waals surface area contributed by atoms with Gasteiger partial charge in [-0.2, -0.15) is 0 Å². The molecule has 0 aliphatic heterocycles. The van der Waals surface area contributed by atoms with E-state index < -0.39 is 5.82 Å². The smallest absolute Gasteiger partial charge is 0.258 e. The SMILES string of the molecule is CC(N)Cc1cccc(F)c1OCC(=O)NC(C)C(C)C. The second-order valence-electron chi connectivity index (χ2n) is 5.80. The molecular weight excluding hydrogens is 271 g/mol. The summed E-state index contributed by atoms with van der Waals surface area (Å²) in [6, 6.07) is 4.63. The molecule has 2 atom stereocenters. The van der Waals surface area contributed by atoms with Crippen LogP contribution in [0.5, 0.6) is 5.75 Å². The van der Waals surface area contributed by atoms with Crippen LogP contribution in [0, 0.1) is 11.7 Å². The van der Waals surface area contributed by atoms with Crippen LogP contribution in [-0.2, 0) is 11.2 Å². The number of para-hydroxylation sites is 1. The molecule has 0 aliphatic carbocycles. The highest BCUT2D eigenvalue weighted by Gasteiger charge is 2.15. The van der Waals surface area contributed by atoms with Crippen molar-refractivity contribution in [3.05, 3.63) is 29.6 Å². The molecule has 1 amide bonds. The van der Waals surface area contributed by atoms with Crippen LogP contribution in [0.1, 0.15) is 33.3 Å². The lowest BCUT2D eigenvalue weighted by Gasteiger charge is -2.18. The zero-order chi connectivity index (χ0) is 16.0. The first-order valence-corrected chi connectivity index (χ1v) is 7.26. The summed E-state index contributed by atoms with van der Waals surface area (Å²) >= 11 is 0. The van der Waals surface area contributed by atoms with Gasteiger partial charge in [-0.05, 0) is 37.8 Å². The first-order chi connectivity index (χ1) is 9.81. The van der Waals surface area contributed by atoms with Gasteiger partial charge in [0, 0.05) is 12.1 Å². The summed E-state index contributed by atoms with van der Waals surface area (Å²) in [5, 5.41) is 2.82. The van der Waals surface area contributed by atoms with Gasteiger partial charge in [-0.15, -0.1) is 0 Å². The molecule has 0 fully saturated rings. The number of nitrogens with one attached hydrogen (secondary N) is 1. The van der Waals surface area contributed by atoms with Gasteiger partial charge in [0.1, 0.15) is 0 Å². The Hall–Kier alpha value is -1.62. The Morgan fingerprint density at radius 2 is 2.00 bits per heavy atom. The number of carbonyl (C=O) groups excluding carboxylic acids is 1. The molecule has 1 rings (SSSR count). The molecule has 0 saturated heterocycles. The minimum absolute atomic E-state index is 0.0465. The van der Waals surface area contributed by atoms with E-state index in [1.54, 1.807) is 12.1 Å². The third kappa shape index (κ3) is 5.71. The summed E-state index contributed by atoms with van der Waals surface area (Å²) in [6.07, 6.45) is 0.497. The molecule has 0 heterocycles. The van der Waals surface area contributed by atoms with Crippen LogP contribution in [0.4, 0.5) is 4.39 Å². The van der Waals surface area contributed by atoms with E-state index in [-0.39, 0.29) is 30.3 Å². The number of hydrogen-bond acceptors (Lipinski definition) is 3. The van der Waals surface area contributed by atoms with E-state index in [1.807, 2.05) is 27.7 Å². The van der Waals surface area contributed by atoms with Gasteiger partial charge in [0.25, 0.3) is 5.91 Å². The maximum Gasteiger partial charge on any atom is 0.258 e. The minimum Gasteiger partial charge on any atom is -0.480 e. The van der Waals surface area contributed by atoms with Crippen molar-refractivity contribution in [3.63, 3.8) is 0 Å². The molecule has 0 bridgehead atoms. The summed E-state index contributed by atoms with van der Waals surface area (Å²) in [6.45, 7) is 7.59. The number of rotatable bonds is 7. The number of halogens is 1. The van der Waals surface area contributed by atoms with Crippen LogP contribution < -0.4 is 15.8 Å². The fourth-order valence-corrected chi connectivity index (χ4v) is 1.82. The second kappa shape index (κ2) is 7.98. The highest BCUT2D eigenvalue weighted by atomic mass is 19.1. The topological polar surface area (TPSA) is 64.3 Å². The van der Waals surface area contributed by atoms with Crippen molar-refractivity contribution in [1.82, 2.24) is 5.32 Å². The van der Waals surface area contributed by atoms with E-state index >= 15 is 0 Å². The number of benzene rings is 1. The fraction of sp³-hybridized carbons (Fsp3) is 0.562. The molecule has 1 aromatic carbocycles. The molecule has 0 aliphatic rings. The van der Waals surface area contributed by atoms with Gasteiger partial charge in [0.15, 0.2) is 18.2 Å². The van der Waals surface area contributed by atoms with Crippen molar-refractivity contribution in [2.45, 2.75) is 46.2 Å². The van der Waals surface area contributed by atoms with Gasteiger partial charge in [0.2, 0.25) is 0 Å². The van der Waals surface area contributed by atoms with Crippen molar-refractivity contribution in [2.75, 3.05) is 6.61 Å². The Labute approximate surface area is 125 Å². The number of nitrogens with two attached hydrogens (primary N) is 1. The molecule has 1 aromatic rings. The lowest BCUT2D eigenvalue weighted by atomic mass is 10.1. The van der Waals surface area contributed by atoms with Crippen molar-refractivity contribution in [1.29, 1.82) is 0 Å². The minimum atomic E-state index is -0.474. The molecule has 0 radical (unpaired) electrons. The number of hydrogen-bond donors (Lipinski definition) is 2. The second-order valence-corrected chi connectivity index (χ2v) is 5.80. The zero-order valence-corrected chi connectivity index (χ0v) is 13.2. The van der Waals surface area contributed by atoms with Crippen LogP contribution in [-0.4, -0.2) is 24.6 Å². The van der Waals surface area contributed by atoms with Gasteiger partial charge in [-0.1, -0.05) is 26.0 Å². The van der Waals surface area contributed by atoms with Crippen LogP contribution in [0.3, 0.4) is 0 Å². The Morgan fingerprint density at radius 3 is 2.57 bits per heavy atom. The summed E-state index contributed by atoms with van der Waals surface area (Å²) in [5.41, 5.74) is 6.42. The maximum atomic E-state index is 13.8. The molecule has 21 heavy (non-hydrogen) atoms. The van der Waals surface area contributed by atoms with Gasteiger partial charge < -0.3 is 15.8 Å². The van der Waals surface area contributed by atoms with E-state index in [1.165, 1.54) is 6.07 Å². The van der Waals surface area contributed by atoms with Crippen molar-refractivity contribution < 1.29 is 13.9 Å². The van der Waals surface area contributed by atoms with Crippen LogP contribution in [0.25, 0.3) is 0 Å². The maximum absolute atomic E-state index is 13.8. The van der Waals surface area contributed by atoms with Gasteiger partial charge in [-0.3, -0.25) is 4.79 Å². The van der Waals surface area contributed by atoms with Crippen LogP contribution in [0.15, 0.2) is 18.2 Å². The first kappa shape index (κ1) is 17.4. The Bertz CT molecular complexity index is 475. The highest BCUT2D eigenvalue weighted by molar-refractivity contribution is 5.77. The molecule has 5 heteroatoms. The van der Waals surface area contributed by atoms with Crippen LogP contribution in [0.2, 0.25) is 0 Å². The molecule has 0 aromatic heterocycles. The first-order valence-electron chi connectivity index (χ1n) is 7.26. The lowest BCUT2D eigenvalue weighted by molar-refractivity contribution is -0.124. The molecule has 0 spiro atoms. The van der Waals surface area contributed by atoms with Crippen molar-refractivity contribution >= 4 is 5.91 Å². The average molecular weight is 296 g/mol. The third-order valence-corrected chi connectivity index (χ3v) is 3.33. The zero-order valence-electron chi connectivity index (χ0n) is 13.2. The summed E-state index contributed by atoms with van der Waals surface area (Å²) in [5.74, 6) is -0.290. The average Bonchev–Trinajstić information content (AvgIpc) is 2.37. The highest BCUT2D eigenvalue weighted by Crippen LogP contribution is 2.23. The van der Waals surface area contributed by atoms with Crippen molar-refractivity contribution in [2.24, 2.45) is 11.7 Å². The molecule has 2 unspecified atom stereocenters. The van der Waals surface area contributed by atoms with Gasteiger partial charge in [0.05, 0.1) is 0 Å².